The molecule has 0 saturated heterocycles. The van der Waals surface area contributed by atoms with Crippen LogP contribution in [-0.2, 0) is 10.8 Å². The molecular formula is C67H48F2N2. The maximum Gasteiger partial charge on any atom is 0.123 e. The maximum absolute atomic E-state index is 15.1. The van der Waals surface area contributed by atoms with E-state index in [1.54, 1.807) is 12.1 Å². The van der Waals surface area contributed by atoms with Crippen molar-refractivity contribution in [2.24, 2.45) is 0 Å². The molecule has 0 aliphatic heterocycles. The van der Waals surface area contributed by atoms with Crippen molar-refractivity contribution >= 4 is 34.5 Å². The van der Waals surface area contributed by atoms with E-state index in [1.807, 2.05) is 37.4 Å². The lowest BCUT2D eigenvalue weighted by Gasteiger charge is -2.36. The minimum atomic E-state index is -0.670. The smallest absolute Gasteiger partial charge is 0.123 e. The zero-order valence-corrected chi connectivity index (χ0v) is 39.7. The first-order chi connectivity index (χ1) is 34.7. The van der Waals surface area contributed by atoms with Gasteiger partial charge in [0.15, 0.2) is 0 Å². The van der Waals surface area contributed by atoms with Crippen LogP contribution in [0.1, 0.15) is 61.2 Å². The topological polar surface area (TPSA) is 6.48 Å². The summed E-state index contributed by atoms with van der Waals surface area (Å²) in [4.78, 5) is 4.43. The summed E-state index contributed by atoms with van der Waals surface area (Å²) in [6.45, 7) is 8.49. The minimum absolute atomic E-state index is 0.264. The van der Waals surface area contributed by atoms with Gasteiger partial charge in [0, 0.05) is 35.5 Å². The first-order valence-corrected chi connectivity index (χ1v) is 24.3. The highest BCUT2D eigenvalue weighted by atomic mass is 19.1. The summed E-state index contributed by atoms with van der Waals surface area (Å²) in [5.74, 6) is -0.557. The van der Waals surface area contributed by atoms with Crippen molar-refractivity contribution in [3.63, 3.8) is 0 Å². The van der Waals surface area contributed by atoms with Crippen LogP contribution in [0.5, 0.6) is 0 Å². The molecule has 0 heterocycles. The molecule has 0 saturated carbocycles. The van der Waals surface area contributed by atoms with E-state index in [-0.39, 0.29) is 11.6 Å². The number of hydrogen-bond acceptors (Lipinski definition) is 2. The van der Waals surface area contributed by atoms with E-state index < -0.39 is 10.8 Å². The zero-order chi connectivity index (χ0) is 48.2. The van der Waals surface area contributed by atoms with Crippen LogP contribution in [-0.4, -0.2) is 7.05 Å². The molecule has 2 unspecified atom stereocenters. The Hall–Kier alpha value is -8.60. The number of halogens is 2. The fraction of sp³-hybridized carbons (Fsp3) is 0.0746. The first-order valence-electron chi connectivity index (χ1n) is 24.3. The lowest BCUT2D eigenvalue weighted by atomic mass is 9.66. The van der Waals surface area contributed by atoms with Gasteiger partial charge in [-0.15, -0.1) is 0 Å². The summed E-state index contributed by atoms with van der Waals surface area (Å²) in [6, 6.07) is 76.4. The molecule has 4 heteroatoms. The second kappa shape index (κ2) is 16.0. The highest BCUT2D eigenvalue weighted by molar-refractivity contribution is 5.98. The molecular weight excluding hydrogens is 871 g/mol. The molecule has 0 N–H and O–H groups in total. The monoisotopic (exact) mass is 918 g/mol. The Morgan fingerprint density at radius 2 is 0.803 bits per heavy atom. The maximum atomic E-state index is 15.1. The molecule has 2 atom stereocenters. The Labute approximate surface area is 414 Å². The van der Waals surface area contributed by atoms with Gasteiger partial charge in [0.05, 0.1) is 10.8 Å². The molecule has 3 aliphatic carbocycles. The van der Waals surface area contributed by atoms with E-state index >= 15 is 4.39 Å². The van der Waals surface area contributed by atoms with Crippen LogP contribution in [0.25, 0.3) is 39.5 Å². The van der Waals surface area contributed by atoms with Gasteiger partial charge in [-0.1, -0.05) is 152 Å². The van der Waals surface area contributed by atoms with E-state index in [0.29, 0.717) is 0 Å². The summed E-state index contributed by atoms with van der Waals surface area (Å²) in [6.07, 6.45) is 1.90. The highest BCUT2D eigenvalue weighted by Gasteiger charge is 2.52. The Morgan fingerprint density at radius 1 is 0.380 bits per heavy atom. The van der Waals surface area contributed by atoms with Crippen LogP contribution in [0.3, 0.4) is 0 Å². The number of hydrogen-bond donors (Lipinski definition) is 0. The van der Waals surface area contributed by atoms with Crippen LogP contribution in [0.4, 0.5) is 37.2 Å². The summed E-state index contributed by atoms with van der Waals surface area (Å²) in [5.41, 5.74) is 23.6. The van der Waals surface area contributed by atoms with Crippen LogP contribution in [0.2, 0.25) is 0 Å². The summed E-state index contributed by atoms with van der Waals surface area (Å²) in [5, 5.41) is 0. The van der Waals surface area contributed by atoms with Crippen molar-refractivity contribution in [1.29, 1.82) is 0 Å². The van der Waals surface area contributed by atoms with Crippen molar-refractivity contribution in [3.8, 4) is 33.4 Å². The fourth-order valence-corrected chi connectivity index (χ4v) is 12.5. The number of benzene rings is 10. The molecule has 10 aromatic carbocycles. The minimum Gasteiger partial charge on any atom is -0.345 e. The average molecular weight is 919 g/mol. The van der Waals surface area contributed by atoms with Gasteiger partial charge in [0.2, 0.25) is 0 Å². The third-order valence-corrected chi connectivity index (χ3v) is 15.7. The summed E-state index contributed by atoms with van der Waals surface area (Å²) in [7, 11) is 2.04. The van der Waals surface area contributed by atoms with Crippen molar-refractivity contribution in [2.75, 3.05) is 16.8 Å². The molecule has 0 amide bonds. The van der Waals surface area contributed by atoms with E-state index in [1.165, 1.54) is 101 Å². The Kier molecular flexibility index (Phi) is 9.56. The Balaban J connectivity index is 1.06. The fourth-order valence-electron chi connectivity index (χ4n) is 12.5. The largest absolute Gasteiger partial charge is 0.345 e. The molecule has 0 bridgehead atoms. The molecule has 71 heavy (non-hydrogen) atoms. The average Bonchev–Trinajstić information content (AvgIpc) is 4.00. The third-order valence-electron chi connectivity index (χ3n) is 15.7. The molecule has 3 aliphatic rings. The molecule has 0 radical (unpaired) electrons. The lowest BCUT2D eigenvalue weighted by molar-refractivity contribution is 0.627. The third kappa shape index (κ3) is 6.10. The molecule has 10 aromatic rings. The second-order valence-corrected chi connectivity index (χ2v) is 19.3. The van der Waals surface area contributed by atoms with Crippen molar-refractivity contribution in [2.45, 2.75) is 24.7 Å². The van der Waals surface area contributed by atoms with Gasteiger partial charge in [0.25, 0.3) is 0 Å². The lowest BCUT2D eigenvalue weighted by Crippen LogP contribution is -2.30. The van der Waals surface area contributed by atoms with Gasteiger partial charge in [-0.3, -0.25) is 0 Å². The second-order valence-electron chi connectivity index (χ2n) is 19.3. The molecule has 340 valence electrons. The van der Waals surface area contributed by atoms with Crippen LogP contribution in [0.15, 0.2) is 225 Å². The van der Waals surface area contributed by atoms with Crippen LogP contribution in [0, 0.1) is 25.5 Å². The van der Waals surface area contributed by atoms with Crippen molar-refractivity contribution < 1.29 is 8.78 Å². The summed E-state index contributed by atoms with van der Waals surface area (Å²) < 4.78 is 29.3. The van der Waals surface area contributed by atoms with Crippen molar-refractivity contribution in [3.05, 3.63) is 298 Å². The Morgan fingerprint density at radius 3 is 1.32 bits per heavy atom. The van der Waals surface area contributed by atoms with Gasteiger partial charge >= 0.3 is 0 Å². The molecule has 0 fully saturated rings. The van der Waals surface area contributed by atoms with E-state index in [9.17, 15) is 4.39 Å². The number of nitrogens with zero attached hydrogens (tertiary/aromatic N) is 2. The Bertz CT molecular complexity index is 3780. The van der Waals surface area contributed by atoms with E-state index in [0.717, 1.165) is 34.0 Å². The van der Waals surface area contributed by atoms with Crippen LogP contribution >= 0.6 is 0 Å². The quantitative estimate of drug-likeness (QED) is 0.150. The van der Waals surface area contributed by atoms with Gasteiger partial charge in [0.1, 0.15) is 11.6 Å². The number of anilines is 5. The van der Waals surface area contributed by atoms with Gasteiger partial charge in [-0.2, -0.15) is 0 Å². The summed E-state index contributed by atoms with van der Waals surface area (Å²) >= 11 is 0. The number of fused-ring (bicyclic) bond motifs is 13. The predicted molar refractivity (Wildman–Crippen MR) is 289 cm³/mol. The molecule has 2 nitrogen and oxygen atoms in total. The van der Waals surface area contributed by atoms with Gasteiger partial charge in [-0.25, -0.2) is 8.78 Å². The van der Waals surface area contributed by atoms with Gasteiger partial charge in [-0.05, 0) is 188 Å². The molecule has 13 rings (SSSR count). The molecule has 1 spiro atoms. The van der Waals surface area contributed by atoms with Crippen LogP contribution < -0.4 is 9.80 Å². The van der Waals surface area contributed by atoms with E-state index in [4.69, 9.17) is 0 Å². The first kappa shape index (κ1) is 42.5. The van der Waals surface area contributed by atoms with E-state index in [2.05, 4.69) is 200 Å². The number of aryl methyl sites for hydroxylation is 2. The number of rotatable bonds is 8. The predicted octanol–water partition coefficient (Wildman–Crippen LogP) is 17.2. The van der Waals surface area contributed by atoms with Crippen molar-refractivity contribution in [1.82, 2.24) is 0 Å². The molecule has 0 aromatic heterocycles. The SMILES string of the molecule is C=Cc1ccc(C2(c3cc(C)ccc3C)c3ccccc3-c3ccc(N(c4ccc(F)cc4)c4ccc5c(c4)C4(c6ccccc6-c6ccc(N(C)c7ccc(F)cc7)cc64)c4ccccc4-5)cc32)cc1. The normalized spacial score (nSPS) is 16.4. The highest BCUT2D eigenvalue weighted by Crippen LogP contribution is 2.64. The standard InChI is InChI=1S/C67H48F2N2/c1-5-44-20-22-45(23-21-44)66(62-38-42(2)18-19-43(62)3)59-15-9-6-12-53(59)56-36-33-51(40-63(56)66)71(49-30-26-47(69)27-31-49)52-34-37-58-55-14-8-11-17-61(55)67(65(58)41-52)60-16-10-7-13-54(60)57-35-32-50(39-64(57)67)70(4)48-28-24-46(68)25-29-48/h5-41H,1H2,2-4H3. The van der Waals surface area contributed by atoms with Gasteiger partial charge < -0.3 is 9.80 Å². The zero-order valence-electron chi connectivity index (χ0n) is 39.7.